The minimum Gasteiger partial charge on any atom is -0.467 e. The van der Waals surface area contributed by atoms with E-state index in [4.69, 9.17) is 4.42 Å². The van der Waals surface area contributed by atoms with Gasteiger partial charge in [-0.2, -0.15) is 0 Å². The fourth-order valence-corrected chi connectivity index (χ4v) is 4.67. The van der Waals surface area contributed by atoms with Gasteiger partial charge in [0, 0.05) is 11.4 Å². The minimum absolute atomic E-state index is 0.166. The highest BCUT2D eigenvalue weighted by Gasteiger charge is 2.20. The van der Waals surface area contributed by atoms with Crippen LogP contribution in [-0.4, -0.2) is 15.0 Å². The Bertz CT molecular complexity index is 1330. The maximum atomic E-state index is 13.2. The molecule has 0 aliphatic rings. The van der Waals surface area contributed by atoms with E-state index in [-0.39, 0.29) is 31.1 Å². The topological polar surface area (TPSA) is 86.2 Å². The van der Waals surface area contributed by atoms with Crippen molar-refractivity contribution in [3.05, 3.63) is 91.3 Å². The van der Waals surface area contributed by atoms with Crippen LogP contribution in [0, 0.1) is 13.8 Å². The second-order valence-corrected chi connectivity index (χ2v) is 8.58. The number of hydrogen-bond acceptors (Lipinski definition) is 5. The third-order valence-corrected chi connectivity index (χ3v) is 6.57. The van der Waals surface area contributed by atoms with Crippen molar-refractivity contribution < 1.29 is 9.21 Å². The highest BCUT2D eigenvalue weighted by atomic mass is 32.1. The molecule has 31 heavy (non-hydrogen) atoms. The summed E-state index contributed by atoms with van der Waals surface area (Å²) in [6.45, 7) is 4.11. The maximum Gasteiger partial charge on any atom is 0.332 e. The van der Waals surface area contributed by atoms with E-state index in [1.165, 1.54) is 26.7 Å². The number of aryl methyl sites for hydroxylation is 3. The molecule has 0 aliphatic carbocycles. The van der Waals surface area contributed by atoms with Gasteiger partial charge in [-0.25, -0.2) is 4.79 Å². The van der Waals surface area contributed by atoms with E-state index >= 15 is 0 Å². The molecule has 8 heteroatoms. The zero-order chi connectivity index (χ0) is 22.0. The van der Waals surface area contributed by atoms with Gasteiger partial charge >= 0.3 is 5.69 Å². The van der Waals surface area contributed by atoms with E-state index < -0.39 is 5.69 Å². The second kappa shape index (κ2) is 8.77. The zero-order valence-electron chi connectivity index (χ0n) is 17.4. The van der Waals surface area contributed by atoms with Gasteiger partial charge in [0.05, 0.1) is 18.2 Å². The van der Waals surface area contributed by atoms with Gasteiger partial charge in [0.1, 0.15) is 17.1 Å². The largest absolute Gasteiger partial charge is 0.467 e. The molecule has 0 saturated carbocycles. The third kappa shape index (κ3) is 4.25. The summed E-state index contributed by atoms with van der Waals surface area (Å²) in [5.41, 5.74) is 1.12. The molecule has 1 amide bonds. The van der Waals surface area contributed by atoms with Gasteiger partial charge in [-0.05, 0) is 43.5 Å². The fraction of sp³-hybridized carbons (Fsp3) is 0.261. The van der Waals surface area contributed by atoms with E-state index in [0.717, 1.165) is 16.0 Å². The van der Waals surface area contributed by atoms with Crippen LogP contribution in [0.25, 0.3) is 10.2 Å². The molecule has 3 heterocycles. The number of amides is 1. The van der Waals surface area contributed by atoms with Crippen LogP contribution in [0.2, 0.25) is 0 Å². The lowest BCUT2D eigenvalue weighted by Crippen LogP contribution is -2.42. The first-order valence-corrected chi connectivity index (χ1v) is 10.8. The number of hydrogen-bond donors (Lipinski definition) is 1. The van der Waals surface area contributed by atoms with Crippen molar-refractivity contribution in [3.63, 3.8) is 0 Å². The number of benzene rings is 1. The molecule has 0 fully saturated rings. The van der Waals surface area contributed by atoms with Gasteiger partial charge < -0.3 is 9.73 Å². The standard InChI is InChI=1S/C23H23N3O4S/c1-15-16(2)31-22-20(15)21(28)25(11-10-17-7-4-3-5-8-17)23(29)26(22)14-19(27)24-13-18-9-6-12-30-18/h3-9,12H,10-11,13-14H2,1-2H3,(H,24,27). The summed E-state index contributed by atoms with van der Waals surface area (Å²) >= 11 is 1.37. The van der Waals surface area contributed by atoms with Gasteiger partial charge in [-0.3, -0.25) is 18.7 Å². The molecule has 0 bridgehead atoms. The third-order valence-electron chi connectivity index (χ3n) is 5.34. The van der Waals surface area contributed by atoms with Crippen molar-refractivity contribution in [2.45, 2.75) is 39.9 Å². The lowest BCUT2D eigenvalue weighted by molar-refractivity contribution is -0.121. The summed E-state index contributed by atoms with van der Waals surface area (Å²) in [7, 11) is 0. The molecule has 0 saturated heterocycles. The summed E-state index contributed by atoms with van der Waals surface area (Å²) < 4.78 is 7.88. The average Bonchev–Trinajstić information content (AvgIpc) is 3.39. The molecule has 160 valence electrons. The smallest absolute Gasteiger partial charge is 0.332 e. The molecule has 4 rings (SSSR count). The van der Waals surface area contributed by atoms with Gasteiger partial charge in [0.15, 0.2) is 0 Å². The Hall–Kier alpha value is -3.39. The van der Waals surface area contributed by atoms with E-state index in [1.807, 2.05) is 44.2 Å². The lowest BCUT2D eigenvalue weighted by atomic mass is 10.1. The van der Waals surface area contributed by atoms with E-state index in [1.54, 1.807) is 12.1 Å². The highest BCUT2D eigenvalue weighted by Crippen LogP contribution is 2.26. The first-order valence-electron chi connectivity index (χ1n) is 10.0. The van der Waals surface area contributed by atoms with Gasteiger partial charge in [0.2, 0.25) is 5.91 Å². The number of aromatic nitrogens is 2. The Morgan fingerprint density at radius 2 is 1.84 bits per heavy atom. The Balaban J connectivity index is 1.69. The number of furan rings is 1. The van der Waals surface area contributed by atoms with Crippen LogP contribution in [0.15, 0.2) is 62.7 Å². The first-order chi connectivity index (χ1) is 15.0. The normalized spacial score (nSPS) is 11.2. The Labute approximate surface area is 182 Å². The highest BCUT2D eigenvalue weighted by molar-refractivity contribution is 7.18. The first kappa shape index (κ1) is 20.9. The maximum absolute atomic E-state index is 13.2. The number of rotatable bonds is 7. The number of carbonyl (C=O) groups excluding carboxylic acids is 1. The van der Waals surface area contributed by atoms with Crippen LogP contribution in [0.5, 0.6) is 0 Å². The molecule has 0 atom stereocenters. The summed E-state index contributed by atoms with van der Waals surface area (Å²) in [4.78, 5) is 40.5. The van der Waals surface area contributed by atoms with Crippen molar-refractivity contribution in [3.8, 4) is 0 Å². The molecule has 7 nitrogen and oxygen atoms in total. The Kier molecular flexibility index (Phi) is 5.90. The number of nitrogens with one attached hydrogen (secondary N) is 1. The lowest BCUT2D eigenvalue weighted by Gasteiger charge is -2.12. The van der Waals surface area contributed by atoms with Crippen molar-refractivity contribution >= 4 is 27.5 Å². The fourth-order valence-electron chi connectivity index (χ4n) is 3.53. The van der Waals surface area contributed by atoms with Gasteiger partial charge in [0.25, 0.3) is 5.56 Å². The molecule has 4 aromatic rings. The predicted molar refractivity (Wildman–Crippen MR) is 121 cm³/mol. The van der Waals surface area contributed by atoms with Crippen LogP contribution >= 0.6 is 11.3 Å². The van der Waals surface area contributed by atoms with Crippen molar-refractivity contribution in [2.75, 3.05) is 0 Å². The number of carbonyl (C=O) groups is 1. The predicted octanol–water partition coefficient (Wildman–Crippen LogP) is 2.99. The number of nitrogens with zero attached hydrogens (tertiary/aromatic N) is 2. The van der Waals surface area contributed by atoms with Gasteiger partial charge in [-0.15, -0.1) is 11.3 Å². The van der Waals surface area contributed by atoms with Crippen LogP contribution in [0.4, 0.5) is 0 Å². The molecule has 3 aromatic heterocycles. The van der Waals surface area contributed by atoms with Crippen molar-refractivity contribution in [1.29, 1.82) is 0 Å². The SMILES string of the molecule is Cc1sc2c(c1C)c(=O)n(CCc1ccccc1)c(=O)n2CC(=O)NCc1ccco1. The van der Waals surface area contributed by atoms with Crippen molar-refractivity contribution in [1.82, 2.24) is 14.5 Å². The van der Waals surface area contributed by atoms with E-state index in [0.29, 0.717) is 22.4 Å². The molecule has 0 radical (unpaired) electrons. The van der Waals surface area contributed by atoms with Crippen molar-refractivity contribution in [2.24, 2.45) is 0 Å². The minimum atomic E-state index is -0.470. The van der Waals surface area contributed by atoms with Crippen LogP contribution in [0.3, 0.4) is 0 Å². The zero-order valence-corrected chi connectivity index (χ0v) is 18.2. The molecule has 0 aliphatic heterocycles. The van der Waals surface area contributed by atoms with Gasteiger partial charge in [-0.1, -0.05) is 30.3 Å². The van der Waals surface area contributed by atoms with E-state index in [2.05, 4.69) is 5.32 Å². The molecule has 0 spiro atoms. The Morgan fingerprint density at radius 1 is 1.06 bits per heavy atom. The molecule has 1 aromatic carbocycles. The quantitative estimate of drug-likeness (QED) is 0.482. The molecular formula is C23H23N3O4S. The van der Waals surface area contributed by atoms with Crippen LogP contribution < -0.4 is 16.6 Å². The molecule has 0 unspecified atom stereocenters. The summed E-state index contributed by atoms with van der Waals surface area (Å²) in [6.07, 6.45) is 2.09. The van der Waals surface area contributed by atoms with Crippen LogP contribution in [0.1, 0.15) is 21.8 Å². The summed E-state index contributed by atoms with van der Waals surface area (Å²) in [5, 5.41) is 3.27. The molecule has 1 N–H and O–H groups in total. The Morgan fingerprint density at radius 3 is 2.55 bits per heavy atom. The number of thiophene rings is 1. The van der Waals surface area contributed by atoms with Crippen LogP contribution in [-0.2, 0) is 30.8 Å². The van der Waals surface area contributed by atoms with E-state index in [9.17, 15) is 14.4 Å². The second-order valence-electron chi connectivity index (χ2n) is 7.38. The summed E-state index contributed by atoms with van der Waals surface area (Å²) in [6, 6.07) is 13.2. The molecular weight excluding hydrogens is 414 g/mol. The monoisotopic (exact) mass is 437 g/mol. The summed E-state index contributed by atoms with van der Waals surface area (Å²) in [5.74, 6) is 0.304. The average molecular weight is 438 g/mol. The number of fused-ring (bicyclic) bond motifs is 1.